The summed E-state index contributed by atoms with van der Waals surface area (Å²) in [5, 5.41) is 12.8. The van der Waals surface area contributed by atoms with Gasteiger partial charge in [0.1, 0.15) is 0 Å². The zero-order valence-corrected chi connectivity index (χ0v) is 61.8. The molecular weight excluding hydrogens is 1390 g/mol. The predicted octanol–water partition coefficient (Wildman–Crippen LogP) is 31.2. The van der Waals surface area contributed by atoms with E-state index in [1.54, 1.807) is 0 Å². The molecule has 0 unspecified atom stereocenters. The Morgan fingerprint density at radius 3 is 0.769 bits per heavy atom. The van der Waals surface area contributed by atoms with Crippen molar-refractivity contribution < 1.29 is 0 Å². The van der Waals surface area contributed by atoms with Gasteiger partial charge in [0, 0.05) is 149 Å². The molecule has 8 heteroatoms. The fourth-order valence-corrected chi connectivity index (χ4v) is 20.0. The number of anilines is 12. The molecular formula is C100H66N4S4. The maximum Gasteiger partial charge on any atom is 0.0554 e. The van der Waals surface area contributed by atoms with E-state index in [9.17, 15) is 0 Å². The molecule has 0 amide bonds. The highest BCUT2D eigenvalue weighted by atomic mass is 32.1. The second kappa shape index (κ2) is 27.8. The Labute approximate surface area is 642 Å². The summed E-state index contributed by atoms with van der Waals surface area (Å²) in [5.41, 5.74) is 18.5. The molecule has 21 aromatic rings. The van der Waals surface area contributed by atoms with Crippen molar-refractivity contribution >= 4 is 205 Å². The second-order valence-electron chi connectivity index (χ2n) is 27.1. The van der Waals surface area contributed by atoms with Crippen molar-refractivity contribution in [1.82, 2.24) is 0 Å². The lowest BCUT2D eigenvalue weighted by molar-refractivity contribution is 1.29. The Bertz CT molecular complexity index is 6820. The maximum absolute atomic E-state index is 2.44. The number of benzene rings is 17. The van der Waals surface area contributed by atoms with Gasteiger partial charge in [0.05, 0.1) is 5.69 Å². The number of fused-ring (bicyclic) bond motifs is 14. The third-order valence-electron chi connectivity index (χ3n) is 20.7. The van der Waals surface area contributed by atoms with Crippen LogP contribution in [0.3, 0.4) is 0 Å². The molecule has 0 N–H and O–H groups in total. The number of hydrogen-bond acceptors (Lipinski definition) is 8. The van der Waals surface area contributed by atoms with E-state index in [0.717, 1.165) is 62.6 Å². The van der Waals surface area contributed by atoms with Gasteiger partial charge in [0.2, 0.25) is 0 Å². The Hall–Kier alpha value is -12.9. The van der Waals surface area contributed by atoms with Crippen molar-refractivity contribution in [2.24, 2.45) is 0 Å². The van der Waals surface area contributed by atoms with Gasteiger partial charge in [-0.3, -0.25) is 0 Å². The molecule has 4 aromatic heterocycles. The quantitative estimate of drug-likeness (QED) is 0.108. The molecule has 0 radical (unpaired) electrons. The fraction of sp³-hybridized carbons (Fsp3) is 0. The number of para-hydroxylation sites is 4. The number of rotatable bonds is 14. The minimum Gasteiger partial charge on any atom is -0.310 e. The van der Waals surface area contributed by atoms with Gasteiger partial charge >= 0.3 is 0 Å². The third-order valence-corrected chi connectivity index (χ3v) is 25.2. The van der Waals surface area contributed by atoms with E-state index in [-0.39, 0.29) is 0 Å². The van der Waals surface area contributed by atoms with E-state index in [2.05, 4.69) is 420 Å². The standard InChI is InChI=1S/C54H36N2S2.C46H30N2S2/c1-4-12-37(13-5-1)39-20-24-42(25-21-39)55(41-16-8-3-9-17-41)44-28-32-53-49(35-44)50-36-46(30-33-54(50)58-53)56(43-26-22-40(23-27-43)38-14-6-2-7-15-38)45-29-31-52-48(34-45)47-18-10-11-19-51(47)57-52;1-4-14-31(15-5-1)47(32-16-6-2-7-17-32)34-24-26-43-39(28-34)40-29-35(25-27-44(40)49-43)48(33-18-8-3-9-19-33)41-30-45-46(37-21-11-10-20-36(37)41)38-22-12-13-23-42(38)50-45/h1-36H;1-30H. The Kier molecular flexibility index (Phi) is 16.7. The normalized spacial score (nSPS) is 11.5. The van der Waals surface area contributed by atoms with E-state index in [0.29, 0.717) is 0 Å². The van der Waals surface area contributed by atoms with Crippen LogP contribution < -0.4 is 19.6 Å². The zero-order valence-electron chi connectivity index (χ0n) is 58.5. The van der Waals surface area contributed by atoms with E-state index in [1.165, 1.54) is 119 Å². The van der Waals surface area contributed by atoms with Gasteiger partial charge < -0.3 is 19.6 Å². The first-order chi connectivity index (χ1) is 53.5. The first-order valence-corrected chi connectivity index (χ1v) is 39.7. The van der Waals surface area contributed by atoms with Crippen LogP contribution in [-0.4, -0.2) is 0 Å². The average molecular weight is 1450 g/mol. The molecule has 4 nitrogen and oxygen atoms in total. The third kappa shape index (κ3) is 11.9. The molecule has 0 bridgehead atoms. The molecule has 0 aliphatic carbocycles. The Morgan fingerprint density at radius 1 is 0.139 bits per heavy atom. The molecule has 0 aliphatic rings. The van der Waals surface area contributed by atoms with Gasteiger partial charge in [0.25, 0.3) is 0 Å². The molecule has 108 heavy (non-hydrogen) atoms. The van der Waals surface area contributed by atoms with Crippen molar-refractivity contribution in [2.75, 3.05) is 19.6 Å². The second-order valence-corrected chi connectivity index (χ2v) is 31.5. The van der Waals surface area contributed by atoms with Gasteiger partial charge in [-0.1, -0.05) is 218 Å². The molecule has 0 aliphatic heterocycles. The smallest absolute Gasteiger partial charge is 0.0554 e. The van der Waals surface area contributed by atoms with Crippen LogP contribution in [0.1, 0.15) is 0 Å². The molecule has 0 saturated carbocycles. The van der Waals surface area contributed by atoms with E-state index < -0.39 is 0 Å². The van der Waals surface area contributed by atoms with Gasteiger partial charge in [-0.2, -0.15) is 0 Å². The van der Waals surface area contributed by atoms with Crippen LogP contribution in [0.4, 0.5) is 68.2 Å². The Morgan fingerprint density at radius 2 is 0.380 bits per heavy atom. The van der Waals surface area contributed by atoms with Crippen LogP contribution in [-0.2, 0) is 0 Å². The van der Waals surface area contributed by atoms with Crippen molar-refractivity contribution in [2.45, 2.75) is 0 Å². The molecule has 21 rings (SSSR count). The predicted molar refractivity (Wildman–Crippen MR) is 472 cm³/mol. The number of hydrogen-bond donors (Lipinski definition) is 0. The van der Waals surface area contributed by atoms with Crippen molar-refractivity contribution in [1.29, 1.82) is 0 Å². The molecule has 17 aromatic carbocycles. The lowest BCUT2D eigenvalue weighted by Crippen LogP contribution is -2.10. The van der Waals surface area contributed by atoms with E-state index in [4.69, 9.17) is 0 Å². The van der Waals surface area contributed by atoms with Crippen molar-refractivity contribution in [3.63, 3.8) is 0 Å². The minimum atomic E-state index is 1.12. The highest BCUT2D eigenvalue weighted by Crippen LogP contribution is 2.51. The summed E-state index contributed by atoms with van der Waals surface area (Å²) in [4.78, 5) is 9.56. The SMILES string of the molecule is c1ccc(-c2ccc(N(c3ccccc3)c3ccc4sc5ccc(N(c6ccc(-c7ccccc7)cc6)c6ccc7sc8ccccc8c7c6)cc5c4c3)cc2)cc1.c1ccc(N(c2ccccc2)c2ccc3sc4ccc(N(c5ccccc5)c5cc6sc7ccccc7c6c6ccccc56)cc4c3c2)cc1. The highest BCUT2D eigenvalue weighted by molar-refractivity contribution is 7.27. The first-order valence-electron chi connectivity index (χ1n) is 36.4. The summed E-state index contributed by atoms with van der Waals surface area (Å²) in [6, 6.07) is 145. The summed E-state index contributed by atoms with van der Waals surface area (Å²) in [5.74, 6) is 0. The maximum atomic E-state index is 2.44. The summed E-state index contributed by atoms with van der Waals surface area (Å²) in [6.07, 6.45) is 0. The largest absolute Gasteiger partial charge is 0.310 e. The molecule has 0 spiro atoms. The van der Waals surface area contributed by atoms with Crippen LogP contribution in [0.2, 0.25) is 0 Å². The van der Waals surface area contributed by atoms with E-state index >= 15 is 0 Å². The van der Waals surface area contributed by atoms with Crippen LogP contribution in [0.25, 0.3) is 114 Å². The molecule has 4 heterocycles. The fourth-order valence-electron chi connectivity index (χ4n) is 15.6. The Balaban J connectivity index is 0.000000144. The van der Waals surface area contributed by atoms with Crippen LogP contribution >= 0.6 is 45.3 Å². The molecule has 510 valence electrons. The van der Waals surface area contributed by atoms with Crippen LogP contribution in [0.5, 0.6) is 0 Å². The monoisotopic (exact) mass is 1450 g/mol. The van der Waals surface area contributed by atoms with Gasteiger partial charge in [-0.25, -0.2) is 0 Å². The zero-order chi connectivity index (χ0) is 71.4. The first kappa shape index (κ1) is 64.7. The minimum absolute atomic E-state index is 1.12. The lowest BCUT2D eigenvalue weighted by Gasteiger charge is -2.27. The van der Waals surface area contributed by atoms with E-state index in [1.807, 2.05) is 45.3 Å². The van der Waals surface area contributed by atoms with Crippen molar-refractivity contribution in [3.8, 4) is 22.3 Å². The summed E-state index contributed by atoms with van der Waals surface area (Å²) >= 11 is 7.44. The van der Waals surface area contributed by atoms with Crippen molar-refractivity contribution in [3.05, 3.63) is 400 Å². The molecule has 0 fully saturated rings. The number of thiophene rings is 4. The topological polar surface area (TPSA) is 13.0 Å². The molecule has 0 saturated heterocycles. The van der Waals surface area contributed by atoms with Gasteiger partial charge in [-0.15, -0.1) is 45.3 Å². The summed E-state index contributed by atoms with van der Waals surface area (Å²) < 4.78 is 10.3. The van der Waals surface area contributed by atoms with Gasteiger partial charge in [0.15, 0.2) is 0 Å². The van der Waals surface area contributed by atoms with Crippen LogP contribution in [0, 0.1) is 0 Å². The lowest BCUT2D eigenvalue weighted by atomic mass is 10.0. The summed E-state index contributed by atoms with van der Waals surface area (Å²) in [6.45, 7) is 0. The summed E-state index contributed by atoms with van der Waals surface area (Å²) in [7, 11) is 0. The van der Waals surface area contributed by atoms with Gasteiger partial charge in [-0.05, 0) is 210 Å². The number of nitrogens with zero attached hydrogens (tertiary/aromatic N) is 4. The molecule has 0 atom stereocenters. The average Bonchev–Trinajstić information content (AvgIpc) is 1.54. The highest BCUT2D eigenvalue weighted by Gasteiger charge is 2.24. The van der Waals surface area contributed by atoms with Crippen LogP contribution in [0.15, 0.2) is 400 Å².